The number of nitrogens with two attached hydrogens (primary N) is 1. The van der Waals surface area contributed by atoms with E-state index in [4.69, 9.17) is 18.0 Å². The number of nitrogens with zero attached hydrogens (tertiary/aromatic N) is 1. The maximum Gasteiger partial charge on any atom is 0.128 e. The quantitative estimate of drug-likeness (QED) is 0.860. The van der Waals surface area contributed by atoms with Crippen molar-refractivity contribution in [1.29, 1.82) is 0 Å². The minimum atomic E-state index is -0.341. The molecule has 2 aromatic rings. The van der Waals surface area contributed by atoms with Crippen molar-refractivity contribution in [1.82, 2.24) is 4.90 Å². The van der Waals surface area contributed by atoms with E-state index < -0.39 is 0 Å². The molecule has 2 rings (SSSR count). The highest BCUT2D eigenvalue weighted by atomic mass is 32.1. The van der Waals surface area contributed by atoms with Gasteiger partial charge < -0.3 is 5.73 Å². The molecular formula is C16H16F2N2S. The normalized spacial score (nSPS) is 10.9. The smallest absolute Gasteiger partial charge is 0.128 e. The molecule has 0 saturated carbocycles. The molecule has 0 aliphatic carbocycles. The van der Waals surface area contributed by atoms with E-state index >= 15 is 0 Å². The van der Waals surface area contributed by atoms with Gasteiger partial charge in [-0.1, -0.05) is 36.5 Å². The van der Waals surface area contributed by atoms with Crippen LogP contribution in [0.25, 0.3) is 0 Å². The molecule has 0 aromatic heterocycles. The lowest BCUT2D eigenvalue weighted by Gasteiger charge is -2.17. The number of thiocarbonyl (C=S) groups is 1. The molecule has 2 aromatic carbocycles. The van der Waals surface area contributed by atoms with Crippen molar-refractivity contribution in [2.24, 2.45) is 5.73 Å². The van der Waals surface area contributed by atoms with E-state index in [0.29, 0.717) is 24.2 Å². The Balaban J connectivity index is 2.06. The van der Waals surface area contributed by atoms with Crippen molar-refractivity contribution < 1.29 is 8.78 Å². The second kappa shape index (κ2) is 6.74. The molecule has 0 amide bonds. The maximum absolute atomic E-state index is 14.0. The Kier molecular flexibility index (Phi) is 4.98. The minimum Gasteiger partial charge on any atom is -0.389 e. The third kappa shape index (κ3) is 4.31. The number of rotatable bonds is 5. The van der Waals surface area contributed by atoms with Crippen molar-refractivity contribution in [3.05, 3.63) is 70.8 Å². The Morgan fingerprint density at radius 1 is 1.14 bits per heavy atom. The standard InChI is InChI=1S/C16H16F2N2S/c1-20(9-11-3-2-4-14(17)7-11)10-13-6-5-12(16(19)21)8-15(13)18/h2-8H,9-10H2,1H3,(H2,19,21). The third-order valence-corrected chi connectivity index (χ3v) is 3.36. The summed E-state index contributed by atoms with van der Waals surface area (Å²) in [6, 6.07) is 11.1. The highest BCUT2D eigenvalue weighted by Gasteiger charge is 2.08. The second-order valence-electron chi connectivity index (χ2n) is 4.97. The number of halogens is 2. The Morgan fingerprint density at radius 2 is 1.90 bits per heavy atom. The van der Waals surface area contributed by atoms with Crippen molar-refractivity contribution in [2.45, 2.75) is 13.1 Å². The zero-order valence-electron chi connectivity index (χ0n) is 11.6. The fourth-order valence-corrected chi connectivity index (χ4v) is 2.25. The lowest BCUT2D eigenvalue weighted by molar-refractivity contribution is 0.313. The minimum absolute atomic E-state index is 0.175. The molecule has 0 aliphatic rings. The van der Waals surface area contributed by atoms with Gasteiger partial charge in [0.25, 0.3) is 0 Å². The largest absolute Gasteiger partial charge is 0.389 e. The predicted molar refractivity (Wildman–Crippen MR) is 83.9 cm³/mol. The molecular weight excluding hydrogens is 290 g/mol. The average molecular weight is 306 g/mol. The van der Waals surface area contributed by atoms with Crippen LogP contribution in [0.3, 0.4) is 0 Å². The van der Waals surface area contributed by atoms with Gasteiger partial charge in [-0.25, -0.2) is 8.78 Å². The fourth-order valence-electron chi connectivity index (χ4n) is 2.12. The summed E-state index contributed by atoms with van der Waals surface area (Å²) in [6.45, 7) is 0.953. The van der Waals surface area contributed by atoms with E-state index in [0.717, 1.165) is 5.56 Å². The molecule has 0 radical (unpaired) electrons. The molecule has 0 spiro atoms. The van der Waals surface area contributed by atoms with Crippen LogP contribution in [0.15, 0.2) is 42.5 Å². The molecule has 21 heavy (non-hydrogen) atoms. The maximum atomic E-state index is 14.0. The van der Waals surface area contributed by atoms with Gasteiger partial charge in [0.2, 0.25) is 0 Å². The Hall–Kier alpha value is -1.85. The monoisotopic (exact) mass is 306 g/mol. The van der Waals surface area contributed by atoms with Crippen LogP contribution in [0.1, 0.15) is 16.7 Å². The predicted octanol–water partition coefficient (Wildman–Crippen LogP) is 3.23. The van der Waals surface area contributed by atoms with Gasteiger partial charge in [0.1, 0.15) is 16.6 Å². The van der Waals surface area contributed by atoms with Crippen LogP contribution in [0.5, 0.6) is 0 Å². The van der Waals surface area contributed by atoms with Crippen molar-refractivity contribution in [3.63, 3.8) is 0 Å². The van der Waals surface area contributed by atoms with Gasteiger partial charge in [-0.2, -0.15) is 0 Å². The van der Waals surface area contributed by atoms with E-state index in [1.807, 2.05) is 18.0 Å². The van der Waals surface area contributed by atoms with Crippen LogP contribution in [0.4, 0.5) is 8.78 Å². The number of hydrogen-bond donors (Lipinski definition) is 1. The van der Waals surface area contributed by atoms with Crippen LogP contribution < -0.4 is 5.73 Å². The number of hydrogen-bond acceptors (Lipinski definition) is 2. The summed E-state index contributed by atoms with van der Waals surface area (Å²) in [6.07, 6.45) is 0. The molecule has 0 bridgehead atoms. The molecule has 110 valence electrons. The van der Waals surface area contributed by atoms with Gasteiger partial charge in [-0.05, 0) is 30.8 Å². The Labute approximate surface area is 128 Å². The Bertz CT molecular complexity index is 658. The van der Waals surface area contributed by atoms with E-state index in [1.54, 1.807) is 18.2 Å². The molecule has 0 fully saturated rings. The molecule has 0 heterocycles. The summed E-state index contributed by atoms with van der Waals surface area (Å²) in [7, 11) is 1.85. The summed E-state index contributed by atoms with van der Waals surface area (Å²) in [5.74, 6) is -0.612. The highest BCUT2D eigenvalue weighted by Crippen LogP contribution is 2.14. The summed E-state index contributed by atoms with van der Waals surface area (Å²) in [5, 5.41) is 0. The topological polar surface area (TPSA) is 29.3 Å². The van der Waals surface area contributed by atoms with Gasteiger partial charge >= 0.3 is 0 Å². The van der Waals surface area contributed by atoms with E-state index in [-0.39, 0.29) is 16.6 Å². The average Bonchev–Trinajstić information content (AvgIpc) is 2.40. The van der Waals surface area contributed by atoms with Crippen molar-refractivity contribution in [2.75, 3.05) is 7.05 Å². The van der Waals surface area contributed by atoms with Gasteiger partial charge in [0, 0.05) is 24.2 Å². The first-order valence-electron chi connectivity index (χ1n) is 6.47. The summed E-state index contributed by atoms with van der Waals surface area (Å²) in [5.41, 5.74) is 7.38. The van der Waals surface area contributed by atoms with Crippen LogP contribution in [0, 0.1) is 11.6 Å². The van der Waals surface area contributed by atoms with E-state index in [2.05, 4.69) is 0 Å². The molecule has 0 atom stereocenters. The molecule has 2 nitrogen and oxygen atoms in total. The molecule has 2 N–H and O–H groups in total. The summed E-state index contributed by atoms with van der Waals surface area (Å²) < 4.78 is 27.1. The highest BCUT2D eigenvalue weighted by molar-refractivity contribution is 7.80. The first-order chi connectivity index (χ1) is 9.95. The lowest BCUT2D eigenvalue weighted by Crippen LogP contribution is -2.18. The zero-order valence-corrected chi connectivity index (χ0v) is 12.5. The van der Waals surface area contributed by atoms with Gasteiger partial charge in [-0.15, -0.1) is 0 Å². The van der Waals surface area contributed by atoms with E-state index in [9.17, 15) is 8.78 Å². The molecule has 0 aliphatic heterocycles. The molecule has 0 unspecified atom stereocenters. The first kappa shape index (κ1) is 15.5. The fraction of sp³-hybridized carbons (Fsp3) is 0.188. The number of benzene rings is 2. The van der Waals surface area contributed by atoms with Crippen LogP contribution >= 0.6 is 12.2 Å². The summed E-state index contributed by atoms with van der Waals surface area (Å²) >= 11 is 4.82. The first-order valence-corrected chi connectivity index (χ1v) is 6.88. The van der Waals surface area contributed by atoms with Crippen LogP contribution in [0.2, 0.25) is 0 Å². The van der Waals surface area contributed by atoms with Crippen LogP contribution in [-0.2, 0) is 13.1 Å². The van der Waals surface area contributed by atoms with Gasteiger partial charge in [-0.3, -0.25) is 4.90 Å². The zero-order chi connectivity index (χ0) is 15.4. The SMILES string of the molecule is CN(Cc1cccc(F)c1)Cc1ccc(C(N)=S)cc1F. The van der Waals surface area contributed by atoms with Crippen molar-refractivity contribution >= 4 is 17.2 Å². The second-order valence-corrected chi connectivity index (χ2v) is 5.41. The van der Waals surface area contributed by atoms with Crippen LogP contribution in [-0.4, -0.2) is 16.9 Å². The molecule has 0 saturated heterocycles. The third-order valence-electron chi connectivity index (χ3n) is 3.12. The van der Waals surface area contributed by atoms with Gasteiger partial charge in [0.15, 0.2) is 0 Å². The molecule has 5 heteroatoms. The summed E-state index contributed by atoms with van der Waals surface area (Å²) in [4.78, 5) is 2.08. The Morgan fingerprint density at radius 3 is 2.52 bits per heavy atom. The van der Waals surface area contributed by atoms with Crippen molar-refractivity contribution in [3.8, 4) is 0 Å². The van der Waals surface area contributed by atoms with Gasteiger partial charge in [0.05, 0.1) is 0 Å². The van der Waals surface area contributed by atoms with E-state index in [1.165, 1.54) is 18.2 Å². The lowest BCUT2D eigenvalue weighted by atomic mass is 10.1.